The quantitative estimate of drug-likeness (QED) is 0.249. The van der Waals surface area contributed by atoms with Gasteiger partial charge in [-0.05, 0) is 36.2 Å². The summed E-state index contributed by atoms with van der Waals surface area (Å²) in [5.74, 6) is -0.456. The molecule has 0 aliphatic carbocycles. The zero-order valence-corrected chi connectivity index (χ0v) is 23.9. The molecular weight excluding hydrogens is 570 g/mol. The maximum atomic E-state index is 13.3. The van der Waals surface area contributed by atoms with Crippen molar-refractivity contribution in [3.05, 3.63) is 117 Å². The van der Waals surface area contributed by atoms with E-state index in [9.17, 15) is 9.59 Å². The van der Waals surface area contributed by atoms with Crippen LogP contribution in [0, 0.1) is 6.92 Å². The third kappa shape index (κ3) is 6.60. The van der Waals surface area contributed by atoms with E-state index >= 15 is 0 Å². The third-order valence-electron chi connectivity index (χ3n) is 7.12. The largest absolute Gasteiger partial charge is 0.492 e. The van der Waals surface area contributed by atoms with Gasteiger partial charge in [0.25, 0.3) is 5.91 Å². The molecule has 9 heteroatoms. The summed E-state index contributed by atoms with van der Waals surface area (Å²) in [6, 6.07) is 20.7. The van der Waals surface area contributed by atoms with Gasteiger partial charge in [0.05, 0.1) is 24.2 Å². The molecule has 0 radical (unpaired) electrons. The van der Waals surface area contributed by atoms with Crippen molar-refractivity contribution in [1.82, 2.24) is 20.2 Å². The number of ether oxygens (including phenoxy) is 1. The molecule has 0 fully saturated rings. The van der Waals surface area contributed by atoms with Crippen LogP contribution >= 0.6 is 15.9 Å². The fraction of sp³-hybridized carbons (Fsp3) is 0.258. The summed E-state index contributed by atoms with van der Waals surface area (Å²) >= 11 is 3.41. The highest BCUT2D eigenvalue weighted by Crippen LogP contribution is 2.35. The van der Waals surface area contributed by atoms with Gasteiger partial charge in [0, 0.05) is 48.2 Å². The summed E-state index contributed by atoms with van der Waals surface area (Å²) in [6.45, 7) is 3.91. The lowest BCUT2D eigenvalue weighted by molar-refractivity contribution is -0.119. The number of imidazole rings is 1. The van der Waals surface area contributed by atoms with Crippen LogP contribution in [-0.2, 0) is 24.3 Å². The van der Waals surface area contributed by atoms with Crippen molar-refractivity contribution >= 4 is 27.7 Å². The Kier molecular flexibility index (Phi) is 8.62. The van der Waals surface area contributed by atoms with Crippen LogP contribution in [0.5, 0.6) is 5.75 Å². The van der Waals surface area contributed by atoms with E-state index in [2.05, 4.69) is 67.3 Å². The minimum atomic E-state index is -0.851. The molecule has 2 atom stereocenters. The van der Waals surface area contributed by atoms with Gasteiger partial charge >= 0.3 is 0 Å². The average Bonchev–Trinajstić information content (AvgIpc) is 3.40. The Morgan fingerprint density at radius 3 is 2.60 bits per heavy atom. The number of fused-ring (bicyclic) bond motifs is 1. The first-order valence-electron chi connectivity index (χ1n) is 13.3. The van der Waals surface area contributed by atoms with Gasteiger partial charge in [-0.25, -0.2) is 4.98 Å². The molecule has 40 heavy (non-hydrogen) atoms. The van der Waals surface area contributed by atoms with Crippen LogP contribution in [0.1, 0.15) is 50.8 Å². The molecule has 206 valence electrons. The molecule has 2 heterocycles. The van der Waals surface area contributed by atoms with Crippen LogP contribution < -0.4 is 21.1 Å². The van der Waals surface area contributed by atoms with Crippen molar-refractivity contribution < 1.29 is 14.3 Å². The van der Waals surface area contributed by atoms with Crippen molar-refractivity contribution in [1.29, 1.82) is 0 Å². The van der Waals surface area contributed by atoms with E-state index in [0.717, 1.165) is 34.3 Å². The summed E-state index contributed by atoms with van der Waals surface area (Å²) in [6.07, 6.45) is 4.78. The number of aryl methyl sites for hydroxylation is 1. The first kappa shape index (κ1) is 27.6. The molecule has 0 saturated carbocycles. The highest BCUT2D eigenvalue weighted by Gasteiger charge is 2.28. The maximum absolute atomic E-state index is 13.3. The number of benzene rings is 3. The lowest BCUT2D eigenvalue weighted by atomic mass is 9.96. The smallest absolute Gasteiger partial charge is 0.255 e. The summed E-state index contributed by atoms with van der Waals surface area (Å²) in [7, 11) is 0. The van der Waals surface area contributed by atoms with Crippen molar-refractivity contribution in [2.45, 2.75) is 44.9 Å². The monoisotopic (exact) mass is 601 g/mol. The molecule has 4 N–H and O–H groups in total. The number of amides is 2. The second-order valence-corrected chi connectivity index (χ2v) is 11.0. The summed E-state index contributed by atoms with van der Waals surface area (Å²) in [5, 5.41) is 6.44. The Labute approximate surface area is 242 Å². The van der Waals surface area contributed by atoms with E-state index < -0.39 is 17.9 Å². The van der Waals surface area contributed by atoms with Gasteiger partial charge in [0.1, 0.15) is 11.8 Å². The van der Waals surface area contributed by atoms with Gasteiger partial charge in [0.15, 0.2) is 0 Å². The molecule has 2 amide bonds. The molecule has 1 aromatic heterocycles. The molecule has 1 aliphatic rings. The first-order chi connectivity index (χ1) is 19.4. The minimum Gasteiger partial charge on any atom is -0.492 e. The molecule has 3 aromatic carbocycles. The van der Waals surface area contributed by atoms with E-state index in [4.69, 9.17) is 10.5 Å². The number of carbonyl (C=O) groups excluding carboxylic acids is 2. The number of para-hydroxylation sites is 1. The van der Waals surface area contributed by atoms with E-state index in [1.54, 1.807) is 6.07 Å². The second kappa shape index (κ2) is 12.5. The van der Waals surface area contributed by atoms with Gasteiger partial charge in [-0.2, -0.15) is 0 Å². The van der Waals surface area contributed by atoms with E-state index in [-0.39, 0.29) is 6.04 Å². The van der Waals surface area contributed by atoms with Crippen LogP contribution in [-0.4, -0.2) is 34.0 Å². The highest BCUT2D eigenvalue weighted by molar-refractivity contribution is 9.10. The van der Waals surface area contributed by atoms with Crippen molar-refractivity contribution in [2.24, 2.45) is 5.73 Å². The number of halogens is 1. The van der Waals surface area contributed by atoms with Crippen LogP contribution in [0.25, 0.3) is 0 Å². The number of carbonyl (C=O) groups is 2. The van der Waals surface area contributed by atoms with Gasteiger partial charge in [-0.3, -0.25) is 9.59 Å². The number of hydrogen-bond donors (Lipinski definition) is 3. The first-order valence-corrected chi connectivity index (χ1v) is 14.0. The summed E-state index contributed by atoms with van der Waals surface area (Å²) in [5.41, 5.74) is 11.3. The zero-order chi connectivity index (χ0) is 28.1. The summed E-state index contributed by atoms with van der Waals surface area (Å²) < 4.78 is 9.06. The van der Waals surface area contributed by atoms with Gasteiger partial charge in [-0.1, -0.05) is 70.0 Å². The Balaban J connectivity index is 1.27. The fourth-order valence-electron chi connectivity index (χ4n) is 4.89. The fourth-order valence-corrected chi connectivity index (χ4v) is 5.15. The number of primary amides is 1. The lowest BCUT2D eigenvalue weighted by Crippen LogP contribution is -2.46. The van der Waals surface area contributed by atoms with Gasteiger partial charge in [-0.15, -0.1) is 0 Å². The van der Waals surface area contributed by atoms with Gasteiger partial charge in [0.2, 0.25) is 5.91 Å². The van der Waals surface area contributed by atoms with Crippen molar-refractivity contribution in [3.63, 3.8) is 0 Å². The van der Waals surface area contributed by atoms with Crippen LogP contribution in [0.4, 0.5) is 0 Å². The maximum Gasteiger partial charge on any atom is 0.255 e. The number of aromatic nitrogens is 2. The number of nitrogens with zero attached hydrogens (tertiary/aromatic N) is 2. The third-order valence-corrected chi connectivity index (χ3v) is 7.65. The van der Waals surface area contributed by atoms with E-state index in [1.165, 1.54) is 11.1 Å². The topological polar surface area (TPSA) is 111 Å². The molecule has 1 unspecified atom stereocenters. The van der Waals surface area contributed by atoms with Crippen LogP contribution in [0.2, 0.25) is 0 Å². The molecule has 4 aromatic rings. The Hall–Kier alpha value is -3.95. The number of hydrogen-bond acceptors (Lipinski definition) is 5. The zero-order valence-electron chi connectivity index (χ0n) is 22.3. The Morgan fingerprint density at radius 1 is 1.10 bits per heavy atom. The molecule has 0 saturated heterocycles. The lowest BCUT2D eigenvalue weighted by Gasteiger charge is -2.28. The van der Waals surface area contributed by atoms with Crippen molar-refractivity contribution in [2.75, 3.05) is 6.61 Å². The van der Waals surface area contributed by atoms with Crippen molar-refractivity contribution in [3.8, 4) is 5.75 Å². The summed E-state index contributed by atoms with van der Waals surface area (Å²) in [4.78, 5) is 29.9. The molecule has 1 aliphatic heterocycles. The van der Waals surface area contributed by atoms with E-state index in [0.29, 0.717) is 30.9 Å². The number of nitrogens with one attached hydrogen (secondary N) is 2. The molecule has 5 rings (SSSR count). The minimum absolute atomic E-state index is 0.00562. The second-order valence-electron chi connectivity index (χ2n) is 10.1. The standard InChI is InChI=1S/C31H32BrN5O3/c1-20-5-7-22(8-6-20)18-37-19-34-16-24(37)17-35-27-13-14-40-29-25(27)3-2-4-26(29)31(39)36-28(30(33)38)15-21-9-11-23(32)12-10-21/h2-12,16,19,27-28,35H,13-15,17-18H2,1H3,(H2,33,38)(H,36,39)/t27?,28-/m0/s1. The predicted molar refractivity (Wildman–Crippen MR) is 157 cm³/mol. The number of nitrogens with two attached hydrogens (primary N) is 1. The van der Waals surface area contributed by atoms with Gasteiger partial charge < -0.3 is 25.7 Å². The molecule has 0 bridgehead atoms. The van der Waals surface area contributed by atoms with Crippen LogP contribution in [0.3, 0.4) is 0 Å². The van der Waals surface area contributed by atoms with E-state index in [1.807, 2.05) is 48.9 Å². The predicted octanol–water partition coefficient (Wildman–Crippen LogP) is 4.44. The molecule has 0 spiro atoms. The average molecular weight is 603 g/mol. The number of rotatable bonds is 10. The highest BCUT2D eigenvalue weighted by atomic mass is 79.9. The Bertz CT molecular complexity index is 1480. The molecular formula is C31H32BrN5O3. The Morgan fingerprint density at radius 2 is 1.85 bits per heavy atom. The van der Waals surface area contributed by atoms with Crippen LogP contribution in [0.15, 0.2) is 83.7 Å². The molecule has 8 nitrogen and oxygen atoms in total. The SMILES string of the molecule is Cc1ccc(Cn2cncc2CNC2CCOc3c(C(=O)N[C@@H](Cc4ccc(Br)cc4)C(N)=O)cccc32)cc1. The normalized spacial score (nSPS) is 15.1.